The smallest absolute Gasteiger partial charge is 0.203 e. The number of rotatable bonds is 7. The minimum atomic E-state index is -1.54. The average Bonchev–Trinajstić information content (AvgIpc) is 2.36. The topological polar surface area (TPSA) is 30.5 Å². The molecule has 1 atom stereocenters. The Labute approximate surface area is 108 Å². The van der Waals surface area contributed by atoms with E-state index in [1.54, 1.807) is 0 Å². The van der Waals surface area contributed by atoms with Crippen LogP contribution in [0.2, 0.25) is 0 Å². The van der Waals surface area contributed by atoms with Crippen LogP contribution in [0.4, 0.5) is 17.6 Å². The highest BCUT2D eigenvalue weighted by atomic mass is 19.2. The molecular weight excluding hydrogens is 266 g/mol. The first-order valence-electron chi connectivity index (χ1n) is 5.65. The Hall–Kier alpha value is -1.34. The normalized spacial score (nSPS) is 12.5. The Morgan fingerprint density at radius 2 is 1.74 bits per heavy atom. The van der Waals surface area contributed by atoms with Gasteiger partial charge in [0, 0.05) is 25.8 Å². The van der Waals surface area contributed by atoms with Gasteiger partial charge in [0.1, 0.15) is 6.61 Å². The molecule has 0 aliphatic rings. The quantitative estimate of drug-likeness (QED) is 0.472. The minimum absolute atomic E-state index is 0.0209. The van der Waals surface area contributed by atoms with Crippen molar-refractivity contribution in [1.29, 1.82) is 0 Å². The highest BCUT2D eigenvalue weighted by molar-refractivity contribution is 5.28. The van der Waals surface area contributed by atoms with Crippen LogP contribution in [0.15, 0.2) is 6.07 Å². The van der Waals surface area contributed by atoms with Gasteiger partial charge in [0.15, 0.2) is 17.4 Å². The molecule has 1 aromatic carbocycles. The second-order valence-electron chi connectivity index (χ2n) is 3.96. The molecule has 0 saturated carbocycles. The van der Waals surface area contributed by atoms with Crippen LogP contribution in [0.5, 0.6) is 5.75 Å². The van der Waals surface area contributed by atoms with Crippen LogP contribution >= 0.6 is 0 Å². The van der Waals surface area contributed by atoms with Crippen molar-refractivity contribution in [2.75, 3.05) is 26.9 Å². The Bertz CT molecular complexity index is 402. The maximum atomic E-state index is 13.2. The van der Waals surface area contributed by atoms with Crippen molar-refractivity contribution in [2.24, 2.45) is 0 Å². The van der Waals surface area contributed by atoms with Crippen LogP contribution in [-0.4, -0.2) is 32.9 Å². The van der Waals surface area contributed by atoms with Gasteiger partial charge in [-0.15, -0.1) is 0 Å². The molecule has 0 aliphatic carbocycles. The van der Waals surface area contributed by atoms with Gasteiger partial charge in [0.2, 0.25) is 11.6 Å². The number of hydrogen-bond acceptors (Lipinski definition) is 3. The van der Waals surface area contributed by atoms with E-state index in [0.717, 1.165) is 0 Å². The van der Waals surface area contributed by atoms with Crippen molar-refractivity contribution in [2.45, 2.75) is 13.0 Å². The summed E-state index contributed by atoms with van der Waals surface area (Å²) in [5.41, 5.74) is 0. The second-order valence-corrected chi connectivity index (χ2v) is 3.96. The summed E-state index contributed by atoms with van der Waals surface area (Å²) in [6.07, 6.45) is 0. The molecule has 0 bridgehead atoms. The highest BCUT2D eigenvalue weighted by Crippen LogP contribution is 2.26. The number of methoxy groups -OCH3 is 1. The predicted octanol–water partition coefficient (Wildman–Crippen LogP) is 2.25. The molecule has 0 aromatic heterocycles. The molecule has 0 spiro atoms. The third kappa shape index (κ3) is 4.36. The van der Waals surface area contributed by atoms with Crippen molar-refractivity contribution >= 4 is 0 Å². The highest BCUT2D eigenvalue weighted by Gasteiger charge is 2.20. The van der Waals surface area contributed by atoms with Crippen LogP contribution < -0.4 is 10.1 Å². The molecule has 0 amide bonds. The van der Waals surface area contributed by atoms with E-state index in [0.29, 0.717) is 6.61 Å². The van der Waals surface area contributed by atoms with Gasteiger partial charge in [-0.2, -0.15) is 8.78 Å². The van der Waals surface area contributed by atoms with E-state index in [-0.39, 0.29) is 25.3 Å². The van der Waals surface area contributed by atoms with Crippen molar-refractivity contribution in [3.63, 3.8) is 0 Å². The van der Waals surface area contributed by atoms with E-state index in [1.807, 2.05) is 6.92 Å². The van der Waals surface area contributed by atoms with Crippen LogP contribution in [0.25, 0.3) is 0 Å². The second kappa shape index (κ2) is 7.30. The van der Waals surface area contributed by atoms with Gasteiger partial charge in [-0.3, -0.25) is 0 Å². The molecule has 0 radical (unpaired) electrons. The molecule has 0 fully saturated rings. The maximum Gasteiger partial charge on any atom is 0.203 e. The zero-order valence-corrected chi connectivity index (χ0v) is 10.6. The van der Waals surface area contributed by atoms with E-state index < -0.39 is 29.0 Å². The number of halogens is 4. The number of benzene rings is 1. The van der Waals surface area contributed by atoms with Gasteiger partial charge in [0.05, 0.1) is 6.61 Å². The fraction of sp³-hybridized carbons (Fsp3) is 0.500. The van der Waals surface area contributed by atoms with E-state index in [1.165, 1.54) is 7.11 Å². The van der Waals surface area contributed by atoms with Crippen LogP contribution in [-0.2, 0) is 4.74 Å². The van der Waals surface area contributed by atoms with Crippen molar-refractivity contribution in [3.8, 4) is 5.75 Å². The Balaban J connectivity index is 2.54. The van der Waals surface area contributed by atoms with Crippen molar-refractivity contribution < 1.29 is 27.0 Å². The van der Waals surface area contributed by atoms with Gasteiger partial charge in [-0.05, 0) is 6.92 Å². The molecule has 0 saturated heterocycles. The lowest BCUT2D eigenvalue weighted by atomic mass is 10.3. The van der Waals surface area contributed by atoms with E-state index in [4.69, 9.17) is 9.47 Å². The fourth-order valence-electron chi connectivity index (χ4n) is 1.45. The van der Waals surface area contributed by atoms with Crippen LogP contribution in [0, 0.1) is 23.3 Å². The van der Waals surface area contributed by atoms with E-state index >= 15 is 0 Å². The van der Waals surface area contributed by atoms with E-state index in [2.05, 4.69) is 5.32 Å². The number of nitrogens with one attached hydrogen (secondary N) is 1. The third-order valence-electron chi connectivity index (χ3n) is 2.33. The summed E-state index contributed by atoms with van der Waals surface area (Å²) in [7, 11) is 1.54. The molecule has 0 aliphatic heterocycles. The first-order chi connectivity index (χ1) is 8.97. The standard InChI is InChI=1S/C12H15F4NO2/c1-7(6-18-2)17-3-4-19-12-10(15)8(13)5-9(14)11(12)16/h5,7,17H,3-4,6H2,1-2H3. The lowest BCUT2D eigenvalue weighted by Crippen LogP contribution is -2.33. The first kappa shape index (κ1) is 15.7. The number of ether oxygens (including phenoxy) is 2. The lowest BCUT2D eigenvalue weighted by Gasteiger charge is -2.13. The van der Waals surface area contributed by atoms with Crippen molar-refractivity contribution in [3.05, 3.63) is 29.3 Å². The largest absolute Gasteiger partial charge is 0.486 e. The molecule has 3 nitrogen and oxygen atoms in total. The SMILES string of the molecule is COCC(C)NCCOc1c(F)c(F)cc(F)c1F. The van der Waals surface area contributed by atoms with Gasteiger partial charge in [-0.1, -0.05) is 0 Å². The Kier molecular flexibility index (Phi) is 6.04. The molecule has 108 valence electrons. The van der Waals surface area contributed by atoms with E-state index in [9.17, 15) is 17.6 Å². The zero-order valence-electron chi connectivity index (χ0n) is 10.6. The fourth-order valence-corrected chi connectivity index (χ4v) is 1.45. The molecule has 0 heterocycles. The predicted molar refractivity (Wildman–Crippen MR) is 61.1 cm³/mol. The molecule has 7 heteroatoms. The summed E-state index contributed by atoms with van der Waals surface area (Å²) in [6, 6.07) is 0.156. The van der Waals surface area contributed by atoms with Gasteiger partial charge >= 0.3 is 0 Å². The molecular formula is C12H15F4NO2. The zero-order chi connectivity index (χ0) is 14.4. The summed E-state index contributed by atoms with van der Waals surface area (Å²) >= 11 is 0. The summed E-state index contributed by atoms with van der Waals surface area (Å²) in [6.45, 7) is 2.41. The molecule has 1 rings (SSSR count). The lowest BCUT2D eigenvalue weighted by molar-refractivity contribution is 0.168. The summed E-state index contributed by atoms with van der Waals surface area (Å²) < 4.78 is 61.7. The van der Waals surface area contributed by atoms with Crippen LogP contribution in [0.1, 0.15) is 6.92 Å². The minimum Gasteiger partial charge on any atom is -0.486 e. The van der Waals surface area contributed by atoms with Gasteiger partial charge in [0.25, 0.3) is 0 Å². The van der Waals surface area contributed by atoms with Crippen molar-refractivity contribution in [1.82, 2.24) is 5.32 Å². The maximum absolute atomic E-state index is 13.2. The molecule has 19 heavy (non-hydrogen) atoms. The molecule has 1 unspecified atom stereocenters. The number of hydrogen-bond donors (Lipinski definition) is 1. The molecule has 1 aromatic rings. The summed E-state index contributed by atoms with van der Waals surface area (Å²) in [5.74, 6) is -7.10. The summed E-state index contributed by atoms with van der Waals surface area (Å²) in [5, 5.41) is 2.94. The van der Waals surface area contributed by atoms with Gasteiger partial charge in [-0.25, -0.2) is 8.78 Å². The Morgan fingerprint density at radius 3 is 2.26 bits per heavy atom. The monoisotopic (exact) mass is 281 g/mol. The first-order valence-corrected chi connectivity index (χ1v) is 5.65. The molecule has 1 N–H and O–H groups in total. The third-order valence-corrected chi connectivity index (χ3v) is 2.33. The average molecular weight is 281 g/mol. The van der Waals surface area contributed by atoms with Gasteiger partial charge < -0.3 is 14.8 Å². The summed E-state index contributed by atoms with van der Waals surface area (Å²) in [4.78, 5) is 0. The van der Waals surface area contributed by atoms with Crippen LogP contribution in [0.3, 0.4) is 0 Å². The Morgan fingerprint density at radius 1 is 1.16 bits per heavy atom.